The molecule has 2 amide bonds. The van der Waals surface area contributed by atoms with Crippen molar-refractivity contribution in [1.82, 2.24) is 29.7 Å². The average molecular weight is 543 g/mol. The number of likely N-dealkylation sites (N-methyl/N-ethyl adjacent to an activating group) is 1. The van der Waals surface area contributed by atoms with E-state index in [1.165, 1.54) is 5.56 Å². The lowest BCUT2D eigenvalue weighted by Gasteiger charge is -2.40. The average Bonchev–Trinajstić information content (AvgIpc) is 3.33. The van der Waals surface area contributed by atoms with Gasteiger partial charge in [-0.1, -0.05) is 23.4 Å². The maximum atomic E-state index is 13.1. The van der Waals surface area contributed by atoms with Crippen LogP contribution in [0.2, 0.25) is 0 Å². The van der Waals surface area contributed by atoms with Crippen LogP contribution in [0.15, 0.2) is 28.8 Å². The first-order valence-corrected chi connectivity index (χ1v) is 13.6. The SMILES string of the molecule is CN1CCN(Cc2cccc(-c3noc([C@@H]4CN(C(=O)OC(C)(C)C)CCN4C(=O)OC(C)(C)C)n3)c2)CC1. The van der Waals surface area contributed by atoms with E-state index in [4.69, 9.17) is 14.0 Å². The highest BCUT2D eigenvalue weighted by molar-refractivity contribution is 5.71. The number of nitrogens with zero attached hydrogens (tertiary/aromatic N) is 6. The lowest BCUT2D eigenvalue weighted by molar-refractivity contribution is -0.0195. The van der Waals surface area contributed by atoms with Crippen molar-refractivity contribution in [1.29, 1.82) is 0 Å². The lowest BCUT2D eigenvalue weighted by atomic mass is 10.1. The molecule has 11 heteroatoms. The number of amides is 2. The number of carbonyl (C=O) groups is 2. The first kappa shape index (κ1) is 28.8. The molecule has 0 unspecified atom stereocenters. The first-order chi connectivity index (χ1) is 18.3. The summed E-state index contributed by atoms with van der Waals surface area (Å²) >= 11 is 0. The van der Waals surface area contributed by atoms with Crippen LogP contribution in [0, 0.1) is 0 Å². The molecule has 0 spiro atoms. The fourth-order valence-corrected chi connectivity index (χ4v) is 4.59. The Morgan fingerprint density at radius 1 is 0.949 bits per heavy atom. The van der Waals surface area contributed by atoms with Gasteiger partial charge in [0.1, 0.15) is 17.2 Å². The van der Waals surface area contributed by atoms with Crippen LogP contribution in [0.5, 0.6) is 0 Å². The fourth-order valence-electron chi connectivity index (χ4n) is 4.59. The molecule has 2 aliphatic heterocycles. The number of piperazine rings is 2. The van der Waals surface area contributed by atoms with E-state index in [1.807, 2.05) is 53.7 Å². The van der Waals surface area contributed by atoms with Gasteiger partial charge in [0.15, 0.2) is 0 Å². The van der Waals surface area contributed by atoms with E-state index < -0.39 is 29.4 Å². The molecule has 2 aliphatic rings. The summed E-state index contributed by atoms with van der Waals surface area (Å²) in [6, 6.07) is 7.45. The molecule has 0 saturated carbocycles. The summed E-state index contributed by atoms with van der Waals surface area (Å²) in [7, 11) is 2.15. The van der Waals surface area contributed by atoms with Crippen molar-refractivity contribution in [2.75, 3.05) is 52.9 Å². The number of benzene rings is 1. The molecule has 0 radical (unpaired) electrons. The van der Waals surface area contributed by atoms with Crippen LogP contribution in [0.4, 0.5) is 9.59 Å². The minimum absolute atomic E-state index is 0.152. The molecule has 1 aromatic carbocycles. The molecular weight excluding hydrogens is 500 g/mol. The van der Waals surface area contributed by atoms with Crippen molar-refractivity contribution in [3.63, 3.8) is 0 Å². The largest absolute Gasteiger partial charge is 0.444 e. The maximum Gasteiger partial charge on any atom is 0.411 e. The maximum absolute atomic E-state index is 13.1. The third kappa shape index (κ3) is 7.92. The Hall–Kier alpha value is -3.18. The number of aromatic nitrogens is 2. The second-order valence-electron chi connectivity index (χ2n) is 12.4. The monoisotopic (exact) mass is 542 g/mol. The van der Waals surface area contributed by atoms with Gasteiger partial charge in [0.2, 0.25) is 5.82 Å². The van der Waals surface area contributed by atoms with Crippen LogP contribution in [-0.4, -0.2) is 106 Å². The third-order valence-electron chi connectivity index (χ3n) is 6.57. The van der Waals surface area contributed by atoms with Gasteiger partial charge < -0.3 is 23.8 Å². The quantitative estimate of drug-likeness (QED) is 0.567. The number of hydrogen-bond donors (Lipinski definition) is 0. The molecule has 1 atom stereocenters. The van der Waals surface area contributed by atoms with E-state index in [9.17, 15) is 9.59 Å². The van der Waals surface area contributed by atoms with Crippen molar-refractivity contribution < 1.29 is 23.6 Å². The molecule has 0 bridgehead atoms. The molecule has 4 rings (SSSR count). The standard InChI is InChI=1S/C28H42N6O5/c1-27(2,3)37-25(35)33-15-16-34(26(36)38-28(4,5)6)22(19-33)24-29-23(30-39-24)21-10-8-9-20(17-21)18-32-13-11-31(7)12-14-32/h8-10,17,22H,11-16,18-19H2,1-7H3/t22-/m0/s1. The Kier molecular flexibility index (Phi) is 8.51. The summed E-state index contributed by atoms with van der Waals surface area (Å²) in [6.45, 7) is 16.7. The highest BCUT2D eigenvalue weighted by Gasteiger charge is 2.40. The van der Waals surface area contributed by atoms with Crippen LogP contribution in [0.3, 0.4) is 0 Å². The summed E-state index contributed by atoms with van der Waals surface area (Å²) in [6.07, 6.45) is -0.946. The van der Waals surface area contributed by atoms with Crippen LogP contribution in [0.25, 0.3) is 11.4 Å². The number of rotatable bonds is 4. The first-order valence-electron chi connectivity index (χ1n) is 13.6. The van der Waals surface area contributed by atoms with Crippen molar-refractivity contribution in [2.45, 2.75) is 65.3 Å². The van der Waals surface area contributed by atoms with Crippen molar-refractivity contribution >= 4 is 12.2 Å². The van der Waals surface area contributed by atoms with Crippen LogP contribution in [0.1, 0.15) is 59.0 Å². The van der Waals surface area contributed by atoms with E-state index in [0.717, 1.165) is 38.3 Å². The van der Waals surface area contributed by atoms with Gasteiger partial charge >= 0.3 is 12.2 Å². The Balaban J connectivity index is 1.54. The molecule has 3 heterocycles. The topological polar surface area (TPSA) is 104 Å². The highest BCUT2D eigenvalue weighted by atomic mass is 16.6. The smallest absolute Gasteiger partial charge is 0.411 e. The molecule has 39 heavy (non-hydrogen) atoms. The van der Waals surface area contributed by atoms with E-state index in [0.29, 0.717) is 12.4 Å². The lowest BCUT2D eigenvalue weighted by Crippen LogP contribution is -2.54. The fraction of sp³-hybridized carbons (Fsp3) is 0.643. The van der Waals surface area contributed by atoms with Gasteiger partial charge in [-0.3, -0.25) is 9.80 Å². The molecular formula is C28H42N6O5. The second kappa shape index (κ2) is 11.5. The van der Waals surface area contributed by atoms with Crippen molar-refractivity contribution in [3.8, 4) is 11.4 Å². The molecule has 2 saturated heterocycles. The zero-order chi connectivity index (χ0) is 28.4. The second-order valence-corrected chi connectivity index (χ2v) is 12.4. The van der Waals surface area contributed by atoms with E-state index in [2.05, 4.69) is 39.1 Å². The molecule has 2 aromatic rings. The van der Waals surface area contributed by atoms with Crippen LogP contribution in [-0.2, 0) is 16.0 Å². The predicted octanol–water partition coefficient (Wildman–Crippen LogP) is 4.01. The molecule has 214 valence electrons. The van der Waals surface area contributed by atoms with Gasteiger partial charge in [-0.05, 0) is 60.2 Å². The van der Waals surface area contributed by atoms with E-state index in [-0.39, 0.29) is 19.0 Å². The molecule has 0 N–H and O–H groups in total. The van der Waals surface area contributed by atoms with Crippen molar-refractivity contribution in [3.05, 3.63) is 35.7 Å². The van der Waals surface area contributed by atoms with Gasteiger partial charge in [0.05, 0.1) is 6.54 Å². The Morgan fingerprint density at radius 2 is 1.62 bits per heavy atom. The van der Waals surface area contributed by atoms with Gasteiger partial charge in [-0.25, -0.2) is 9.59 Å². The molecule has 2 fully saturated rings. The van der Waals surface area contributed by atoms with Gasteiger partial charge in [0.25, 0.3) is 5.89 Å². The Bertz CT molecular complexity index is 1150. The predicted molar refractivity (Wildman–Crippen MR) is 146 cm³/mol. The third-order valence-corrected chi connectivity index (χ3v) is 6.57. The van der Waals surface area contributed by atoms with Crippen LogP contribution >= 0.6 is 0 Å². The van der Waals surface area contributed by atoms with Crippen molar-refractivity contribution in [2.24, 2.45) is 0 Å². The number of ether oxygens (including phenoxy) is 2. The zero-order valence-corrected chi connectivity index (χ0v) is 24.3. The minimum atomic E-state index is -0.672. The van der Waals surface area contributed by atoms with Crippen LogP contribution < -0.4 is 0 Å². The van der Waals surface area contributed by atoms with Gasteiger partial charge in [0, 0.05) is 51.4 Å². The summed E-state index contributed by atoms with van der Waals surface area (Å²) in [5.74, 6) is 0.678. The normalized spacial score (nSPS) is 19.7. The summed E-state index contributed by atoms with van der Waals surface area (Å²) < 4.78 is 16.9. The molecule has 11 nitrogen and oxygen atoms in total. The summed E-state index contributed by atoms with van der Waals surface area (Å²) in [5.41, 5.74) is 0.698. The Labute approximate surface area is 231 Å². The number of carbonyl (C=O) groups excluding carboxylic acids is 2. The molecule has 0 aliphatic carbocycles. The summed E-state index contributed by atoms with van der Waals surface area (Å²) in [5, 5.41) is 4.24. The van der Waals surface area contributed by atoms with Gasteiger partial charge in [-0.2, -0.15) is 4.98 Å². The van der Waals surface area contributed by atoms with E-state index in [1.54, 1.807) is 9.80 Å². The zero-order valence-electron chi connectivity index (χ0n) is 24.3. The minimum Gasteiger partial charge on any atom is -0.444 e. The Morgan fingerprint density at radius 3 is 2.28 bits per heavy atom. The summed E-state index contributed by atoms with van der Waals surface area (Å²) in [4.78, 5) is 38.5. The number of hydrogen-bond acceptors (Lipinski definition) is 9. The molecule has 1 aromatic heterocycles. The van der Waals surface area contributed by atoms with E-state index >= 15 is 0 Å². The van der Waals surface area contributed by atoms with Gasteiger partial charge in [-0.15, -0.1) is 0 Å². The highest BCUT2D eigenvalue weighted by Crippen LogP contribution is 2.29.